The molecule has 1 unspecified atom stereocenters. The summed E-state index contributed by atoms with van der Waals surface area (Å²) in [5.74, 6) is -0.602. The Bertz CT molecular complexity index is 1700. The van der Waals surface area contributed by atoms with E-state index in [4.69, 9.17) is 4.74 Å². The standard InChI is InChI=1S/C28H25BrN8O3/c1-35-24(13-22(33-35)28(39)40-2)23-15-36(34-32-23)14-18-5-3-4-6-20(18)27(38)37-12-11-21-25(31-16-30-21)26(37)17-7-9-19(29)10-8-17/h3-10,13,15-16,26H,11-12,14H2,1-2H3,(H,30,31). The Balaban J connectivity index is 1.30. The molecule has 1 atom stereocenters. The van der Waals surface area contributed by atoms with Gasteiger partial charge in [-0.1, -0.05) is 51.5 Å². The highest BCUT2D eigenvalue weighted by Gasteiger charge is 2.35. The van der Waals surface area contributed by atoms with Crippen LogP contribution in [0.3, 0.4) is 0 Å². The van der Waals surface area contributed by atoms with Crippen molar-refractivity contribution in [2.75, 3.05) is 13.7 Å². The molecule has 1 aliphatic rings. The summed E-state index contributed by atoms with van der Waals surface area (Å²) in [4.78, 5) is 35.7. The van der Waals surface area contributed by atoms with E-state index in [1.54, 1.807) is 35.0 Å². The number of rotatable bonds is 6. The summed E-state index contributed by atoms with van der Waals surface area (Å²) >= 11 is 3.51. The molecule has 0 bridgehead atoms. The van der Waals surface area contributed by atoms with Crippen molar-refractivity contribution in [3.05, 3.63) is 105 Å². The molecule has 5 aromatic rings. The number of fused-ring (bicyclic) bond motifs is 1. The fourth-order valence-electron chi connectivity index (χ4n) is 5.08. The zero-order valence-electron chi connectivity index (χ0n) is 21.8. The van der Waals surface area contributed by atoms with Gasteiger partial charge < -0.3 is 14.6 Å². The van der Waals surface area contributed by atoms with E-state index >= 15 is 0 Å². The van der Waals surface area contributed by atoms with Crippen molar-refractivity contribution >= 4 is 27.8 Å². The van der Waals surface area contributed by atoms with Crippen LogP contribution < -0.4 is 0 Å². The first-order valence-corrected chi connectivity index (χ1v) is 13.4. The summed E-state index contributed by atoms with van der Waals surface area (Å²) in [6.45, 7) is 0.890. The van der Waals surface area contributed by atoms with Crippen LogP contribution in [0.25, 0.3) is 11.4 Å². The Morgan fingerprint density at radius 3 is 2.75 bits per heavy atom. The number of nitrogens with one attached hydrogen (secondary N) is 1. The number of halogens is 1. The lowest BCUT2D eigenvalue weighted by atomic mass is 9.94. The number of aromatic amines is 1. The monoisotopic (exact) mass is 600 g/mol. The van der Waals surface area contributed by atoms with Crippen LogP contribution in [0.5, 0.6) is 0 Å². The summed E-state index contributed by atoms with van der Waals surface area (Å²) < 4.78 is 8.96. The van der Waals surface area contributed by atoms with Crippen LogP contribution in [-0.4, -0.2) is 65.2 Å². The van der Waals surface area contributed by atoms with Gasteiger partial charge in [0.15, 0.2) is 5.69 Å². The maximum Gasteiger partial charge on any atom is 0.358 e. The van der Waals surface area contributed by atoms with Crippen molar-refractivity contribution < 1.29 is 14.3 Å². The number of esters is 1. The van der Waals surface area contributed by atoms with Crippen molar-refractivity contribution in [3.63, 3.8) is 0 Å². The number of benzene rings is 2. The number of aryl methyl sites for hydroxylation is 1. The first-order chi connectivity index (χ1) is 19.4. The van der Waals surface area contributed by atoms with Gasteiger partial charge in [0.1, 0.15) is 11.7 Å². The van der Waals surface area contributed by atoms with Crippen molar-refractivity contribution in [3.8, 4) is 11.4 Å². The van der Waals surface area contributed by atoms with Crippen LogP contribution in [0, 0.1) is 0 Å². The van der Waals surface area contributed by atoms with E-state index < -0.39 is 5.97 Å². The third-order valence-electron chi connectivity index (χ3n) is 7.03. The van der Waals surface area contributed by atoms with E-state index in [9.17, 15) is 9.59 Å². The lowest BCUT2D eigenvalue weighted by molar-refractivity contribution is 0.0592. The van der Waals surface area contributed by atoms with Gasteiger partial charge in [-0.3, -0.25) is 9.48 Å². The van der Waals surface area contributed by atoms with E-state index in [1.807, 2.05) is 53.4 Å². The number of carbonyl (C=O) groups is 2. The van der Waals surface area contributed by atoms with Gasteiger partial charge in [0, 0.05) is 41.8 Å². The Morgan fingerprint density at radius 1 is 1.15 bits per heavy atom. The van der Waals surface area contributed by atoms with E-state index in [0.717, 1.165) is 27.0 Å². The summed E-state index contributed by atoms with van der Waals surface area (Å²) in [5.41, 5.74) is 5.66. The lowest BCUT2D eigenvalue weighted by Gasteiger charge is -2.35. The van der Waals surface area contributed by atoms with Crippen LogP contribution >= 0.6 is 15.9 Å². The molecule has 0 spiro atoms. The fraction of sp³-hybridized carbons (Fsp3) is 0.214. The molecule has 40 heavy (non-hydrogen) atoms. The van der Waals surface area contributed by atoms with Gasteiger partial charge in [-0.15, -0.1) is 5.10 Å². The molecule has 3 aromatic heterocycles. The molecule has 0 aliphatic carbocycles. The van der Waals surface area contributed by atoms with Gasteiger partial charge >= 0.3 is 5.97 Å². The Morgan fingerprint density at radius 2 is 1.95 bits per heavy atom. The summed E-state index contributed by atoms with van der Waals surface area (Å²) in [5, 5.41) is 12.7. The highest BCUT2D eigenvalue weighted by Crippen LogP contribution is 2.35. The Labute approximate surface area is 237 Å². The average Bonchev–Trinajstić information content (AvgIpc) is 3.72. The first-order valence-electron chi connectivity index (χ1n) is 12.6. The van der Waals surface area contributed by atoms with Gasteiger partial charge in [-0.2, -0.15) is 5.10 Å². The molecule has 1 N–H and O–H groups in total. The molecule has 4 heterocycles. The van der Waals surface area contributed by atoms with E-state index in [1.165, 1.54) is 7.11 Å². The minimum absolute atomic E-state index is 0.0770. The van der Waals surface area contributed by atoms with Gasteiger partial charge in [0.25, 0.3) is 5.91 Å². The largest absolute Gasteiger partial charge is 0.464 e. The van der Waals surface area contributed by atoms with Gasteiger partial charge in [-0.05, 0) is 29.3 Å². The summed E-state index contributed by atoms with van der Waals surface area (Å²) in [7, 11) is 3.03. The number of aromatic nitrogens is 7. The van der Waals surface area contributed by atoms with Gasteiger partial charge in [0.2, 0.25) is 0 Å². The zero-order valence-corrected chi connectivity index (χ0v) is 23.4. The zero-order chi connectivity index (χ0) is 27.8. The average molecular weight is 601 g/mol. The van der Waals surface area contributed by atoms with Crippen LogP contribution in [0.1, 0.15) is 49.4 Å². The van der Waals surface area contributed by atoms with Crippen LogP contribution in [0.2, 0.25) is 0 Å². The minimum Gasteiger partial charge on any atom is -0.464 e. The molecule has 2 aromatic carbocycles. The normalized spacial score (nSPS) is 14.7. The maximum absolute atomic E-state index is 14.1. The number of imidazole rings is 1. The fourth-order valence-corrected chi connectivity index (χ4v) is 5.34. The number of carbonyl (C=O) groups excluding carboxylic acids is 2. The third kappa shape index (κ3) is 4.70. The minimum atomic E-state index is -0.525. The molecule has 1 aliphatic heterocycles. The van der Waals surface area contributed by atoms with Gasteiger partial charge in [0.05, 0.1) is 37.6 Å². The highest BCUT2D eigenvalue weighted by atomic mass is 79.9. The molecule has 12 heteroatoms. The number of methoxy groups -OCH3 is 1. The molecule has 0 fully saturated rings. The van der Waals surface area contributed by atoms with Crippen LogP contribution in [0.4, 0.5) is 0 Å². The van der Waals surface area contributed by atoms with Gasteiger partial charge in [-0.25, -0.2) is 14.5 Å². The van der Waals surface area contributed by atoms with Crippen molar-refractivity contribution in [1.29, 1.82) is 0 Å². The lowest BCUT2D eigenvalue weighted by Crippen LogP contribution is -2.41. The number of ether oxygens (including phenoxy) is 1. The molecule has 0 saturated heterocycles. The Kier molecular flexibility index (Phi) is 6.76. The molecule has 1 amide bonds. The Hall–Kier alpha value is -4.58. The summed E-state index contributed by atoms with van der Waals surface area (Å²) in [6.07, 6.45) is 4.15. The molecule has 202 valence electrons. The van der Waals surface area contributed by atoms with Crippen molar-refractivity contribution in [2.45, 2.75) is 19.0 Å². The predicted octanol–water partition coefficient (Wildman–Crippen LogP) is 3.79. The van der Waals surface area contributed by atoms with Crippen molar-refractivity contribution in [1.82, 2.24) is 39.6 Å². The smallest absolute Gasteiger partial charge is 0.358 e. The molecule has 0 saturated carbocycles. The topological polar surface area (TPSA) is 124 Å². The third-order valence-corrected chi connectivity index (χ3v) is 7.56. The van der Waals surface area contributed by atoms with E-state index in [2.05, 4.69) is 41.3 Å². The van der Waals surface area contributed by atoms with Crippen molar-refractivity contribution in [2.24, 2.45) is 7.05 Å². The number of H-pyrrole nitrogens is 1. The number of hydrogen-bond donors (Lipinski definition) is 1. The summed E-state index contributed by atoms with van der Waals surface area (Å²) in [6, 6.07) is 16.8. The molecule has 11 nitrogen and oxygen atoms in total. The predicted molar refractivity (Wildman–Crippen MR) is 148 cm³/mol. The van der Waals surface area contributed by atoms with Crippen LogP contribution in [-0.2, 0) is 24.8 Å². The molecule has 6 rings (SSSR count). The number of nitrogens with zero attached hydrogens (tertiary/aromatic N) is 7. The highest BCUT2D eigenvalue weighted by molar-refractivity contribution is 9.10. The second-order valence-electron chi connectivity index (χ2n) is 9.46. The SMILES string of the molecule is COC(=O)c1cc(-c2cn(Cc3ccccc3C(=O)N3CCc4[nH]cnc4C3c3ccc(Br)cc3)nn2)n(C)n1. The molecular formula is C28H25BrN8O3. The van der Waals surface area contributed by atoms with E-state index in [0.29, 0.717) is 36.5 Å². The quantitative estimate of drug-likeness (QED) is 0.294. The second-order valence-corrected chi connectivity index (χ2v) is 10.4. The second kappa shape index (κ2) is 10.5. The number of amides is 1. The van der Waals surface area contributed by atoms with E-state index in [-0.39, 0.29) is 17.6 Å². The van der Waals surface area contributed by atoms with Crippen LogP contribution in [0.15, 0.2) is 71.6 Å². The molecular weight excluding hydrogens is 576 g/mol. The first kappa shape index (κ1) is 25.7. The maximum atomic E-state index is 14.1. The molecule has 0 radical (unpaired) electrons. The number of hydrogen-bond acceptors (Lipinski definition) is 7.